The zero-order valence-electron chi connectivity index (χ0n) is 22.8. The largest absolute Gasteiger partial charge is 0.493 e. The van der Waals surface area contributed by atoms with E-state index in [2.05, 4.69) is 4.74 Å². The van der Waals surface area contributed by atoms with E-state index in [0.29, 0.717) is 25.0 Å². The third-order valence-electron chi connectivity index (χ3n) is 5.78. The van der Waals surface area contributed by atoms with Gasteiger partial charge in [-0.05, 0) is 23.7 Å². The molecule has 0 saturated heterocycles. The molecule has 0 aliphatic rings. The molecule has 0 radical (unpaired) electrons. The van der Waals surface area contributed by atoms with Gasteiger partial charge < -0.3 is 23.7 Å². The lowest BCUT2D eigenvalue weighted by Gasteiger charge is -2.08. The Morgan fingerprint density at radius 1 is 0.780 bits per heavy atom. The Kier molecular flexibility index (Phi) is 12.2. The van der Waals surface area contributed by atoms with Gasteiger partial charge in [0.1, 0.15) is 0 Å². The highest BCUT2D eigenvalue weighted by Gasteiger charge is 2.23. The summed E-state index contributed by atoms with van der Waals surface area (Å²) in [5, 5.41) is -0.0121. The van der Waals surface area contributed by atoms with Crippen molar-refractivity contribution in [3.63, 3.8) is 0 Å². The Labute approximate surface area is 254 Å². The molecular weight excluding hydrogens is 622 g/mol. The quantitative estimate of drug-likeness (QED) is 0.109. The first-order valence-electron chi connectivity index (χ1n) is 11.5. The fourth-order valence-corrected chi connectivity index (χ4v) is 5.90. The van der Waals surface area contributed by atoms with Gasteiger partial charge in [0.15, 0.2) is 40.4 Å². The van der Waals surface area contributed by atoms with E-state index in [9.17, 15) is 23.2 Å². The van der Waals surface area contributed by atoms with Gasteiger partial charge in [-0.2, -0.15) is 13.5 Å². The van der Waals surface area contributed by atoms with Gasteiger partial charge in [0.05, 0.1) is 51.2 Å². The van der Waals surface area contributed by atoms with Crippen LogP contribution in [0.2, 0.25) is 0 Å². The van der Waals surface area contributed by atoms with E-state index in [1.54, 1.807) is 19.1 Å². The number of methoxy groups -OCH3 is 5. The minimum atomic E-state index is -0.608. The van der Waals surface area contributed by atoms with Crippen molar-refractivity contribution in [1.29, 1.82) is 0 Å². The van der Waals surface area contributed by atoms with Gasteiger partial charge in [-0.3, -0.25) is 14.4 Å². The number of thiophene rings is 2. The molecule has 0 aliphatic heterocycles. The van der Waals surface area contributed by atoms with Gasteiger partial charge in [0, 0.05) is 38.7 Å². The molecule has 41 heavy (non-hydrogen) atoms. The maximum atomic E-state index is 14.5. The first kappa shape index (κ1) is 34.1. The van der Waals surface area contributed by atoms with Gasteiger partial charge >= 0.3 is 5.97 Å². The number of benzene rings is 2. The average Bonchev–Trinajstić information content (AvgIpc) is 3.58. The van der Waals surface area contributed by atoms with Gasteiger partial charge in [0.2, 0.25) is 0 Å². The molecule has 2 heterocycles. The Morgan fingerprint density at radius 2 is 1.22 bits per heavy atom. The van der Waals surface area contributed by atoms with Gasteiger partial charge in [-0.25, -0.2) is 8.78 Å². The SMILES string of the molecule is COC(=O)[C@@H](C)CC(=O)c1cc2c(F)c(OC)c(OC)cc2s1.COc1cc2sc(C(=O)Cl)cc2c(F)c1OC.S. The molecule has 1 atom stereocenters. The number of carbonyl (C=O) groups is 3. The predicted molar refractivity (Wildman–Crippen MR) is 160 cm³/mol. The Hall–Kier alpha value is -3.13. The summed E-state index contributed by atoms with van der Waals surface area (Å²) in [5.41, 5.74) is 0. The van der Waals surface area contributed by atoms with Crippen molar-refractivity contribution in [2.24, 2.45) is 5.92 Å². The molecule has 0 fully saturated rings. The molecule has 0 unspecified atom stereocenters. The molecule has 2 aromatic carbocycles. The molecule has 0 saturated carbocycles. The monoisotopic (exact) mass is 648 g/mol. The van der Waals surface area contributed by atoms with Crippen LogP contribution in [0.15, 0.2) is 24.3 Å². The normalized spacial score (nSPS) is 11.1. The van der Waals surface area contributed by atoms with Crippen LogP contribution in [0.25, 0.3) is 20.2 Å². The van der Waals surface area contributed by atoms with Crippen LogP contribution < -0.4 is 18.9 Å². The average molecular weight is 649 g/mol. The molecule has 4 rings (SSSR count). The molecule has 0 spiro atoms. The highest BCUT2D eigenvalue weighted by atomic mass is 35.5. The number of ether oxygens (including phenoxy) is 5. The number of carbonyl (C=O) groups excluding carboxylic acids is 3. The molecule has 4 aromatic rings. The summed E-state index contributed by atoms with van der Waals surface area (Å²) in [6.45, 7) is 1.61. The maximum Gasteiger partial charge on any atom is 0.308 e. The van der Waals surface area contributed by atoms with Crippen molar-refractivity contribution in [2.45, 2.75) is 13.3 Å². The summed E-state index contributed by atoms with van der Waals surface area (Å²) in [5.74, 6) is -1.79. The highest BCUT2D eigenvalue weighted by molar-refractivity contribution is 7.59. The van der Waals surface area contributed by atoms with E-state index >= 15 is 0 Å². The van der Waals surface area contributed by atoms with Crippen LogP contribution in [0, 0.1) is 17.6 Å². The number of ketones is 1. The van der Waals surface area contributed by atoms with Crippen molar-refractivity contribution in [2.75, 3.05) is 35.5 Å². The lowest BCUT2D eigenvalue weighted by molar-refractivity contribution is -0.144. The van der Waals surface area contributed by atoms with E-state index in [1.165, 1.54) is 47.7 Å². The summed E-state index contributed by atoms with van der Waals surface area (Å²) in [6.07, 6.45) is 0.00931. The number of Topliss-reactive ketones (excluding diaryl/α,β-unsaturated/α-hetero) is 1. The third-order valence-corrected chi connectivity index (χ3v) is 8.30. The number of esters is 1. The van der Waals surface area contributed by atoms with Crippen LogP contribution in [-0.2, 0) is 9.53 Å². The topological polar surface area (TPSA) is 97.4 Å². The van der Waals surface area contributed by atoms with E-state index in [0.717, 1.165) is 22.7 Å². The molecule has 222 valence electrons. The minimum Gasteiger partial charge on any atom is -0.493 e. The lowest BCUT2D eigenvalue weighted by atomic mass is 10.0. The van der Waals surface area contributed by atoms with Crippen LogP contribution in [-0.4, -0.2) is 52.5 Å². The van der Waals surface area contributed by atoms with E-state index < -0.39 is 28.8 Å². The summed E-state index contributed by atoms with van der Waals surface area (Å²) in [4.78, 5) is 35.4. The Balaban J connectivity index is 0.000000292. The first-order chi connectivity index (χ1) is 19.0. The summed E-state index contributed by atoms with van der Waals surface area (Å²) >= 11 is 7.62. The number of fused-ring (bicyclic) bond motifs is 2. The standard InChI is InChI=1S/C16H17FO5S.C11H8ClFO3S.H2S/c1-8(16(19)22-4)5-10(18)13-6-9-12(23-13)7-11(20-2)15(21-3)14(9)17;1-15-6-4-7-5(9(13)10(6)16-2)3-8(17-7)11(12)14;/h6-8H,5H2,1-4H3;3-4H,1-2H3;1H2/t8-;;/m0../s1. The minimum absolute atomic E-state index is 0. The zero-order valence-corrected chi connectivity index (χ0v) is 26.2. The second-order valence-electron chi connectivity index (χ2n) is 8.22. The van der Waals surface area contributed by atoms with Gasteiger partial charge in [-0.15, -0.1) is 22.7 Å². The van der Waals surface area contributed by atoms with Crippen molar-refractivity contribution < 1.29 is 46.8 Å². The van der Waals surface area contributed by atoms with Crippen LogP contribution in [0.4, 0.5) is 8.78 Å². The van der Waals surface area contributed by atoms with Gasteiger partial charge in [0.25, 0.3) is 5.24 Å². The van der Waals surface area contributed by atoms with E-state index in [1.807, 2.05) is 0 Å². The number of rotatable bonds is 9. The Bertz CT molecular complexity index is 1580. The zero-order chi connectivity index (χ0) is 29.7. The number of hydrogen-bond donors (Lipinski definition) is 0. The van der Waals surface area contributed by atoms with Crippen molar-refractivity contribution in [1.82, 2.24) is 0 Å². The molecule has 0 N–H and O–H groups in total. The molecule has 0 bridgehead atoms. The molecule has 8 nitrogen and oxygen atoms in total. The summed E-state index contributed by atoms with van der Waals surface area (Å²) in [6, 6.07) is 6.13. The molecular formula is C27H27ClF2O8S3. The third kappa shape index (κ3) is 7.21. The molecule has 2 aromatic heterocycles. The molecule has 0 amide bonds. The van der Waals surface area contributed by atoms with Crippen molar-refractivity contribution >= 4 is 84.9 Å². The van der Waals surface area contributed by atoms with Crippen molar-refractivity contribution in [3.05, 3.63) is 45.7 Å². The van der Waals surface area contributed by atoms with Crippen LogP contribution >= 0.6 is 47.8 Å². The lowest BCUT2D eigenvalue weighted by Crippen LogP contribution is -2.16. The maximum absolute atomic E-state index is 14.5. The summed E-state index contributed by atoms with van der Waals surface area (Å²) in [7, 11) is 6.82. The Morgan fingerprint density at radius 3 is 1.61 bits per heavy atom. The number of halogens is 3. The van der Waals surface area contributed by atoms with Crippen LogP contribution in [0.3, 0.4) is 0 Å². The summed E-state index contributed by atoms with van der Waals surface area (Å²) < 4.78 is 54.3. The van der Waals surface area contributed by atoms with Crippen LogP contribution in [0.5, 0.6) is 23.0 Å². The van der Waals surface area contributed by atoms with Crippen LogP contribution in [0.1, 0.15) is 32.7 Å². The smallest absolute Gasteiger partial charge is 0.308 e. The fraction of sp³-hybridized carbons (Fsp3) is 0.296. The van der Waals surface area contributed by atoms with E-state index in [4.69, 9.17) is 30.5 Å². The fourth-order valence-electron chi connectivity index (χ4n) is 3.78. The van der Waals surface area contributed by atoms with E-state index in [-0.39, 0.29) is 53.6 Å². The second kappa shape index (κ2) is 14.7. The second-order valence-corrected chi connectivity index (χ2v) is 10.7. The van der Waals surface area contributed by atoms with Crippen molar-refractivity contribution in [3.8, 4) is 23.0 Å². The first-order valence-corrected chi connectivity index (χ1v) is 13.5. The highest BCUT2D eigenvalue weighted by Crippen LogP contribution is 2.41. The molecule has 0 aliphatic carbocycles. The predicted octanol–water partition coefficient (Wildman–Crippen LogP) is 6.99. The molecule has 14 heteroatoms. The number of hydrogen-bond acceptors (Lipinski definition) is 10. The van der Waals surface area contributed by atoms with Gasteiger partial charge in [-0.1, -0.05) is 6.92 Å².